The summed E-state index contributed by atoms with van der Waals surface area (Å²) in [6.45, 7) is 2.50. The van der Waals surface area contributed by atoms with Crippen LogP contribution in [0.3, 0.4) is 0 Å². The number of nitrogens with one attached hydrogen (secondary N) is 1. The first-order valence-corrected chi connectivity index (χ1v) is 8.65. The number of benzene rings is 2. The van der Waals surface area contributed by atoms with E-state index in [0.29, 0.717) is 6.73 Å². The Bertz CT molecular complexity index is 1050. The van der Waals surface area contributed by atoms with E-state index in [4.69, 9.17) is 4.74 Å². The smallest absolute Gasteiger partial charge is 0.152 e. The van der Waals surface area contributed by atoms with Crippen LogP contribution in [0.25, 0.3) is 21.8 Å². The lowest BCUT2D eigenvalue weighted by Gasteiger charge is -2.29. The van der Waals surface area contributed by atoms with E-state index in [1.165, 1.54) is 22.0 Å². The highest BCUT2D eigenvalue weighted by molar-refractivity contribution is 5.86. The zero-order chi connectivity index (χ0) is 16.6. The second kappa shape index (κ2) is 5.90. The first-order valence-electron chi connectivity index (χ1n) is 8.65. The summed E-state index contributed by atoms with van der Waals surface area (Å²) in [5.41, 5.74) is 4.75. The molecule has 2 aromatic carbocycles. The van der Waals surface area contributed by atoms with Gasteiger partial charge in [0.25, 0.3) is 0 Å². The van der Waals surface area contributed by atoms with Crippen molar-refractivity contribution in [3.05, 3.63) is 72.1 Å². The van der Waals surface area contributed by atoms with E-state index in [0.717, 1.165) is 36.2 Å². The van der Waals surface area contributed by atoms with Gasteiger partial charge in [-0.3, -0.25) is 9.88 Å². The van der Waals surface area contributed by atoms with Gasteiger partial charge in [0.2, 0.25) is 0 Å². The molecule has 0 saturated heterocycles. The van der Waals surface area contributed by atoms with Crippen molar-refractivity contribution in [1.82, 2.24) is 14.9 Å². The van der Waals surface area contributed by atoms with Gasteiger partial charge in [0.05, 0.1) is 0 Å². The number of ether oxygens (including phenoxy) is 1. The van der Waals surface area contributed by atoms with Crippen molar-refractivity contribution in [2.45, 2.75) is 13.0 Å². The summed E-state index contributed by atoms with van der Waals surface area (Å²) in [4.78, 5) is 10.2. The average Bonchev–Trinajstić information content (AvgIpc) is 3.09. The van der Waals surface area contributed by atoms with Gasteiger partial charge in [-0.25, -0.2) is 0 Å². The molecule has 0 unspecified atom stereocenters. The normalized spacial score (nSPS) is 14.6. The molecular weight excluding hydrogens is 310 g/mol. The fourth-order valence-corrected chi connectivity index (χ4v) is 3.65. The molecule has 2 aromatic heterocycles. The highest BCUT2D eigenvalue weighted by Crippen LogP contribution is 2.32. The summed E-state index contributed by atoms with van der Waals surface area (Å²) in [6, 6.07) is 16.8. The van der Waals surface area contributed by atoms with E-state index >= 15 is 0 Å². The zero-order valence-electron chi connectivity index (χ0n) is 13.9. The maximum atomic E-state index is 6.06. The SMILES string of the molecule is c1cnc2c3c(ccc2c1)CN(CCc1c[nH]c2ccccc12)CO3. The first kappa shape index (κ1) is 14.5. The number of hydrogen-bond acceptors (Lipinski definition) is 3. The number of fused-ring (bicyclic) bond motifs is 4. The minimum absolute atomic E-state index is 0.616. The number of nitrogens with zero attached hydrogens (tertiary/aromatic N) is 2. The van der Waals surface area contributed by atoms with Gasteiger partial charge in [-0.2, -0.15) is 0 Å². The van der Waals surface area contributed by atoms with Crippen LogP contribution < -0.4 is 4.74 Å². The number of pyridine rings is 1. The van der Waals surface area contributed by atoms with E-state index in [-0.39, 0.29) is 0 Å². The van der Waals surface area contributed by atoms with Crippen LogP contribution in [-0.4, -0.2) is 28.1 Å². The van der Waals surface area contributed by atoms with Crippen LogP contribution in [-0.2, 0) is 13.0 Å². The second-order valence-electron chi connectivity index (χ2n) is 6.56. The maximum absolute atomic E-state index is 6.06. The molecule has 4 nitrogen and oxygen atoms in total. The topological polar surface area (TPSA) is 41.2 Å². The molecule has 25 heavy (non-hydrogen) atoms. The summed E-state index contributed by atoms with van der Waals surface area (Å²) >= 11 is 0. The van der Waals surface area contributed by atoms with Gasteiger partial charge >= 0.3 is 0 Å². The Hall–Kier alpha value is -2.85. The number of para-hydroxylation sites is 1. The fraction of sp³-hybridized carbons (Fsp3) is 0.190. The quantitative estimate of drug-likeness (QED) is 0.615. The van der Waals surface area contributed by atoms with Crippen molar-refractivity contribution in [3.8, 4) is 5.75 Å². The molecule has 0 fully saturated rings. The Kier molecular flexibility index (Phi) is 3.42. The van der Waals surface area contributed by atoms with Crippen molar-refractivity contribution >= 4 is 21.8 Å². The van der Waals surface area contributed by atoms with E-state index in [9.17, 15) is 0 Å². The molecule has 1 aliphatic rings. The van der Waals surface area contributed by atoms with E-state index in [2.05, 4.69) is 63.5 Å². The number of H-pyrrole nitrogens is 1. The van der Waals surface area contributed by atoms with E-state index in [1.54, 1.807) is 0 Å². The number of aromatic amines is 1. The summed E-state index contributed by atoms with van der Waals surface area (Å²) in [6.07, 6.45) is 4.96. The van der Waals surface area contributed by atoms with Crippen LogP contribution in [0.5, 0.6) is 5.75 Å². The van der Waals surface area contributed by atoms with Crippen molar-refractivity contribution in [2.24, 2.45) is 0 Å². The Balaban J connectivity index is 1.35. The van der Waals surface area contributed by atoms with Crippen LogP contribution in [0.15, 0.2) is 60.9 Å². The second-order valence-corrected chi connectivity index (χ2v) is 6.56. The highest BCUT2D eigenvalue weighted by atomic mass is 16.5. The maximum Gasteiger partial charge on any atom is 0.152 e. The molecule has 0 radical (unpaired) electrons. The Labute approximate surface area is 146 Å². The Morgan fingerprint density at radius 1 is 1.08 bits per heavy atom. The van der Waals surface area contributed by atoms with Gasteiger partial charge in [-0.05, 0) is 24.1 Å². The fourth-order valence-electron chi connectivity index (χ4n) is 3.65. The standard InChI is InChI=1S/C21H19N3O/c1-2-6-19-18(5-1)16(12-23-19)9-11-24-13-17-8-7-15-4-3-10-22-20(15)21(17)25-14-24/h1-8,10,12,23H,9,11,13-14H2. The molecule has 0 saturated carbocycles. The molecule has 0 amide bonds. The van der Waals surface area contributed by atoms with Gasteiger partial charge in [-0.1, -0.05) is 36.4 Å². The predicted molar refractivity (Wildman–Crippen MR) is 99.7 cm³/mol. The van der Waals surface area contributed by atoms with Gasteiger partial charge in [0, 0.05) is 47.3 Å². The van der Waals surface area contributed by atoms with Crippen LogP contribution in [0.2, 0.25) is 0 Å². The molecule has 5 rings (SSSR count). The van der Waals surface area contributed by atoms with Gasteiger partial charge in [0.1, 0.15) is 12.2 Å². The molecule has 0 bridgehead atoms. The molecule has 0 spiro atoms. The molecule has 0 aliphatic carbocycles. The largest absolute Gasteiger partial charge is 0.475 e. The number of rotatable bonds is 3. The Morgan fingerprint density at radius 3 is 3.04 bits per heavy atom. The summed E-state index contributed by atoms with van der Waals surface area (Å²) in [7, 11) is 0. The third-order valence-corrected chi connectivity index (χ3v) is 4.97. The highest BCUT2D eigenvalue weighted by Gasteiger charge is 2.20. The lowest BCUT2D eigenvalue weighted by Crippen LogP contribution is -2.33. The molecular formula is C21H19N3O. The van der Waals surface area contributed by atoms with E-state index in [1.807, 2.05) is 12.3 Å². The minimum atomic E-state index is 0.616. The van der Waals surface area contributed by atoms with Crippen LogP contribution in [0, 0.1) is 0 Å². The minimum Gasteiger partial charge on any atom is -0.475 e. The zero-order valence-corrected chi connectivity index (χ0v) is 13.9. The summed E-state index contributed by atoms with van der Waals surface area (Å²) < 4.78 is 6.06. The van der Waals surface area contributed by atoms with Crippen LogP contribution in [0.4, 0.5) is 0 Å². The van der Waals surface area contributed by atoms with Gasteiger partial charge < -0.3 is 9.72 Å². The molecule has 0 atom stereocenters. The first-order chi connectivity index (χ1) is 12.4. The van der Waals surface area contributed by atoms with Crippen LogP contribution in [0.1, 0.15) is 11.1 Å². The van der Waals surface area contributed by atoms with Crippen LogP contribution >= 0.6 is 0 Å². The summed E-state index contributed by atoms with van der Waals surface area (Å²) in [5, 5.41) is 2.45. The molecule has 4 aromatic rings. The molecule has 1 aliphatic heterocycles. The third-order valence-electron chi connectivity index (χ3n) is 4.97. The molecule has 124 valence electrons. The number of aromatic nitrogens is 2. The van der Waals surface area contributed by atoms with Crippen molar-refractivity contribution in [1.29, 1.82) is 0 Å². The number of hydrogen-bond donors (Lipinski definition) is 1. The molecule has 3 heterocycles. The lowest BCUT2D eigenvalue weighted by molar-refractivity contribution is 0.0981. The lowest BCUT2D eigenvalue weighted by atomic mass is 10.1. The van der Waals surface area contributed by atoms with E-state index < -0.39 is 0 Å². The molecule has 1 N–H and O–H groups in total. The van der Waals surface area contributed by atoms with Gasteiger partial charge in [0.15, 0.2) is 5.75 Å². The molecule has 4 heteroatoms. The summed E-state index contributed by atoms with van der Waals surface area (Å²) in [5.74, 6) is 0.946. The van der Waals surface area contributed by atoms with Gasteiger partial charge in [-0.15, -0.1) is 0 Å². The predicted octanol–water partition coefficient (Wildman–Crippen LogP) is 4.11. The van der Waals surface area contributed by atoms with Crippen molar-refractivity contribution < 1.29 is 4.74 Å². The monoisotopic (exact) mass is 329 g/mol. The average molecular weight is 329 g/mol. The van der Waals surface area contributed by atoms with Crippen molar-refractivity contribution in [2.75, 3.05) is 13.3 Å². The Morgan fingerprint density at radius 2 is 2.04 bits per heavy atom. The van der Waals surface area contributed by atoms with Crippen molar-refractivity contribution in [3.63, 3.8) is 0 Å². The third kappa shape index (κ3) is 2.55.